The number of ketones is 1. The summed E-state index contributed by atoms with van der Waals surface area (Å²) < 4.78 is 54.3. The molecule has 6 nitrogen and oxygen atoms in total. The van der Waals surface area contributed by atoms with Crippen molar-refractivity contribution >= 4 is 23.3 Å². The molecule has 1 aromatic heterocycles. The Morgan fingerprint density at radius 3 is 2.41 bits per heavy atom. The van der Waals surface area contributed by atoms with Gasteiger partial charge in [0.05, 0.1) is 23.4 Å². The number of Topliss-reactive ketones (excluding diaryl/α,β-unsaturated/α-hetero) is 1. The fourth-order valence-electron chi connectivity index (χ4n) is 2.92. The lowest BCUT2D eigenvalue weighted by atomic mass is 10.0. The van der Waals surface area contributed by atoms with Crippen molar-refractivity contribution in [3.63, 3.8) is 0 Å². The predicted octanol–water partition coefficient (Wildman–Crippen LogP) is 4.40. The zero-order chi connectivity index (χ0) is 24.9. The number of hydrogen-bond donors (Lipinski definition) is 3. The highest BCUT2D eigenvalue weighted by Crippen LogP contribution is 2.32. The van der Waals surface area contributed by atoms with Gasteiger partial charge in [0.2, 0.25) is 0 Å². The van der Waals surface area contributed by atoms with Gasteiger partial charge in [-0.05, 0) is 48.5 Å². The number of rotatable bonds is 5. The largest absolute Gasteiger partial charge is 0.417 e. The minimum atomic E-state index is -4.79. The van der Waals surface area contributed by atoms with Crippen LogP contribution < -0.4 is 11.1 Å². The van der Waals surface area contributed by atoms with E-state index in [4.69, 9.17) is 11.1 Å². The molecule has 0 radical (unpaired) electrons. The lowest BCUT2D eigenvalue weighted by molar-refractivity contribution is -0.137. The van der Waals surface area contributed by atoms with Gasteiger partial charge in [0.1, 0.15) is 11.6 Å². The second-order valence-corrected chi connectivity index (χ2v) is 7.03. The fraction of sp³-hybridized carbons (Fsp3) is 0.0833. The van der Waals surface area contributed by atoms with E-state index in [2.05, 4.69) is 22.1 Å². The predicted molar refractivity (Wildman–Crippen MR) is 117 cm³/mol. The number of amides is 1. The second kappa shape index (κ2) is 9.95. The van der Waals surface area contributed by atoms with E-state index >= 15 is 0 Å². The summed E-state index contributed by atoms with van der Waals surface area (Å²) in [6.45, 7) is 0. The Balaban J connectivity index is 1.96. The number of aromatic nitrogens is 1. The van der Waals surface area contributed by atoms with Crippen molar-refractivity contribution in [2.24, 2.45) is 5.73 Å². The summed E-state index contributed by atoms with van der Waals surface area (Å²) in [6.07, 6.45) is -3.82. The Morgan fingerprint density at radius 2 is 1.76 bits per heavy atom. The number of alkyl halides is 3. The summed E-state index contributed by atoms with van der Waals surface area (Å²) in [5.41, 5.74) is 3.45. The Bertz CT molecular complexity index is 1330. The summed E-state index contributed by atoms with van der Waals surface area (Å²) in [4.78, 5) is 28.4. The summed E-state index contributed by atoms with van der Waals surface area (Å²) in [6, 6.07) is 10.6. The van der Waals surface area contributed by atoms with E-state index in [9.17, 15) is 27.2 Å². The molecule has 3 rings (SSSR count). The molecule has 0 spiro atoms. The maximum absolute atomic E-state index is 13.9. The van der Waals surface area contributed by atoms with Gasteiger partial charge in [-0.2, -0.15) is 13.2 Å². The van der Waals surface area contributed by atoms with Crippen LogP contribution in [-0.2, 0) is 6.18 Å². The minimum Gasteiger partial charge on any atom is -0.387 e. The number of nitrogens with one attached hydrogen (secondary N) is 2. The van der Waals surface area contributed by atoms with Gasteiger partial charge in [-0.25, -0.2) is 9.37 Å². The molecule has 3 aromatic rings. The highest BCUT2D eigenvalue weighted by Gasteiger charge is 2.35. The molecule has 172 valence electrons. The molecule has 4 N–H and O–H groups in total. The van der Waals surface area contributed by atoms with Crippen LogP contribution in [0.5, 0.6) is 0 Å². The summed E-state index contributed by atoms with van der Waals surface area (Å²) in [7, 11) is 0. The van der Waals surface area contributed by atoms with E-state index in [-0.39, 0.29) is 28.3 Å². The third kappa shape index (κ3) is 6.26. The molecule has 2 aromatic carbocycles. The van der Waals surface area contributed by atoms with Crippen LogP contribution in [0.25, 0.3) is 0 Å². The molecule has 0 saturated heterocycles. The molecule has 0 fully saturated rings. The maximum Gasteiger partial charge on any atom is 0.417 e. The van der Waals surface area contributed by atoms with E-state index in [1.54, 1.807) is 12.1 Å². The normalized spacial score (nSPS) is 10.7. The third-order valence-corrected chi connectivity index (χ3v) is 4.40. The monoisotopic (exact) mass is 468 g/mol. The van der Waals surface area contributed by atoms with Crippen molar-refractivity contribution in [3.05, 3.63) is 94.4 Å². The number of nitrogens with zero attached hydrogens (tertiary/aromatic N) is 1. The van der Waals surface area contributed by atoms with E-state index in [0.29, 0.717) is 0 Å². The fourth-order valence-corrected chi connectivity index (χ4v) is 2.92. The molecule has 0 atom stereocenters. The average Bonchev–Trinajstić information content (AvgIpc) is 2.76. The molecule has 0 saturated carbocycles. The van der Waals surface area contributed by atoms with Crippen LogP contribution in [0.1, 0.15) is 43.8 Å². The molecular formula is C24H16F4N4O2. The Kier molecular flexibility index (Phi) is 7.06. The van der Waals surface area contributed by atoms with E-state index < -0.39 is 41.2 Å². The smallest absolute Gasteiger partial charge is 0.387 e. The van der Waals surface area contributed by atoms with Crippen LogP contribution in [0.2, 0.25) is 0 Å². The first-order valence-corrected chi connectivity index (χ1v) is 9.65. The molecule has 0 aliphatic heterocycles. The highest BCUT2D eigenvalue weighted by atomic mass is 19.4. The second-order valence-electron chi connectivity index (χ2n) is 7.03. The van der Waals surface area contributed by atoms with Crippen LogP contribution in [0, 0.1) is 23.1 Å². The quantitative estimate of drug-likeness (QED) is 0.170. The summed E-state index contributed by atoms with van der Waals surface area (Å²) in [5, 5.41) is 9.48. The van der Waals surface area contributed by atoms with Crippen molar-refractivity contribution in [2.75, 3.05) is 5.32 Å². The van der Waals surface area contributed by atoms with Crippen LogP contribution in [0.4, 0.5) is 23.4 Å². The van der Waals surface area contributed by atoms with E-state index in [1.165, 1.54) is 18.3 Å². The zero-order valence-electron chi connectivity index (χ0n) is 17.3. The summed E-state index contributed by atoms with van der Waals surface area (Å²) >= 11 is 0. The molecule has 0 aliphatic rings. The first kappa shape index (κ1) is 24.1. The highest BCUT2D eigenvalue weighted by molar-refractivity contribution is 6.08. The number of pyridine rings is 1. The molecule has 0 unspecified atom stereocenters. The van der Waals surface area contributed by atoms with Gasteiger partial charge in [0.15, 0.2) is 5.78 Å². The van der Waals surface area contributed by atoms with Crippen LogP contribution in [0.3, 0.4) is 0 Å². The Labute approximate surface area is 191 Å². The zero-order valence-corrected chi connectivity index (χ0v) is 17.3. The standard InChI is InChI=1S/C24H16F4N4O2/c25-17-10-15(9-16(12-17)20(33)13-21(29)30)5-4-14-6-7-19(24(26,27)28)18(11-14)23(34)32-22-3-1-2-8-31-22/h1-3,6-12H,13H2,(H3,29,30)(H,31,32,34). The van der Waals surface area contributed by atoms with E-state index in [0.717, 1.165) is 30.3 Å². The minimum absolute atomic E-state index is 0.0534. The Hall–Kier alpha value is -4.52. The number of carbonyl (C=O) groups is 2. The van der Waals surface area contributed by atoms with Crippen molar-refractivity contribution in [3.8, 4) is 11.8 Å². The molecule has 0 aliphatic carbocycles. The summed E-state index contributed by atoms with van der Waals surface area (Å²) in [5.74, 6) is 2.45. The van der Waals surface area contributed by atoms with Gasteiger partial charge in [0, 0.05) is 22.9 Å². The average molecular weight is 468 g/mol. The molecule has 1 amide bonds. The van der Waals surface area contributed by atoms with Gasteiger partial charge < -0.3 is 11.1 Å². The number of benzene rings is 2. The molecule has 10 heteroatoms. The molecule has 1 heterocycles. The van der Waals surface area contributed by atoms with Gasteiger partial charge in [0.25, 0.3) is 5.91 Å². The van der Waals surface area contributed by atoms with Crippen LogP contribution >= 0.6 is 0 Å². The number of amidine groups is 1. The Morgan fingerprint density at radius 1 is 1.03 bits per heavy atom. The van der Waals surface area contributed by atoms with Crippen molar-refractivity contribution in [1.82, 2.24) is 4.98 Å². The lowest BCUT2D eigenvalue weighted by Gasteiger charge is -2.13. The third-order valence-electron chi connectivity index (χ3n) is 4.40. The van der Waals surface area contributed by atoms with Gasteiger partial charge in [-0.15, -0.1) is 0 Å². The SMILES string of the molecule is N=C(N)CC(=O)c1cc(F)cc(C#Cc2ccc(C(F)(F)F)c(C(=O)Nc3ccccn3)c2)c1. The lowest BCUT2D eigenvalue weighted by Crippen LogP contribution is -2.19. The molecule has 34 heavy (non-hydrogen) atoms. The first-order chi connectivity index (χ1) is 16.0. The van der Waals surface area contributed by atoms with Gasteiger partial charge in [-0.3, -0.25) is 15.0 Å². The van der Waals surface area contributed by atoms with Crippen molar-refractivity contribution in [2.45, 2.75) is 12.6 Å². The maximum atomic E-state index is 13.9. The number of hydrogen-bond acceptors (Lipinski definition) is 4. The molecule has 0 bridgehead atoms. The van der Waals surface area contributed by atoms with E-state index in [1.807, 2.05) is 0 Å². The topological polar surface area (TPSA) is 109 Å². The number of halogens is 4. The first-order valence-electron chi connectivity index (χ1n) is 9.65. The van der Waals surface area contributed by atoms with Gasteiger partial charge in [-0.1, -0.05) is 17.9 Å². The number of nitrogens with two attached hydrogens (primary N) is 1. The van der Waals surface area contributed by atoms with Crippen LogP contribution in [-0.4, -0.2) is 22.5 Å². The van der Waals surface area contributed by atoms with Crippen molar-refractivity contribution in [1.29, 1.82) is 5.41 Å². The van der Waals surface area contributed by atoms with Crippen molar-refractivity contribution < 1.29 is 27.2 Å². The van der Waals surface area contributed by atoms with Crippen LogP contribution in [0.15, 0.2) is 60.8 Å². The molecular weight excluding hydrogens is 452 g/mol. The number of carbonyl (C=O) groups excluding carboxylic acids is 2. The van der Waals surface area contributed by atoms with Gasteiger partial charge >= 0.3 is 6.18 Å². The number of anilines is 1.